The number of likely N-dealkylation sites (N-methyl/N-ethyl adjacent to an activating group) is 1. The molecule has 1 aliphatic rings. The van der Waals surface area contributed by atoms with Crippen LogP contribution >= 0.6 is 0 Å². The first-order chi connectivity index (χ1) is 10.2. The summed E-state index contributed by atoms with van der Waals surface area (Å²) in [5, 5.41) is 6.01. The standard InChI is InChI=1S/C16H25N3O2/c1-3-19-10-11-21-13(12-19)8-9-18-16(20)14-6-4-5-7-15(14)17-2/h4-7,13,17H,3,8-12H2,1-2H3,(H,18,20)/t13-/m0/s1. The fourth-order valence-electron chi connectivity index (χ4n) is 2.58. The van der Waals surface area contributed by atoms with Crippen LogP contribution in [0.4, 0.5) is 5.69 Å². The van der Waals surface area contributed by atoms with Gasteiger partial charge in [-0.2, -0.15) is 0 Å². The van der Waals surface area contributed by atoms with Crippen molar-refractivity contribution in [3.8, 4) is 0 Å². The fourth-order valence-corrected chi connectivity index (χ4v) is 2.58. The quantitative estimate of drug-likeness (QED) is 0.835. The molecule has 1 aromatic carbocycles. The van der Waals surface area contributed by atoms with Crippen molar-refractivity contribution in [3.05, 3.63) is 29.8 Å². The van der Waals surface area contributed by atoms with E-state index in [9.17, 15) is 4.79 Å². The van der Waals surface area contributed by atoms with Crippen molar-refractivity contribution >= 4 is 11.6 Å². The Bertz CT molecular complexity index is 465. The summed E-state index contributed by atoms with van der Waals surface area (Å²) >= 11 is 0. The highest BCUT2D eigenvalue weighted by Gasteiger charge is 2.19. The summed E-state index contributed by atoms with van der Waals surface area (Å²) < 4.78 is 5.74. The smallest absolute Gasteiger partial charge is 0.253 e. The average Bonchev–Trinajstić information content (AvgIpc) is 2.55. The lowest BCUT2D eigenvalue weighted by Gasteiger charge is -2.32. The van der Waals surface area contributed by atoms with Crippen molar-refractivity contribution < 1.29 is 9.53 Å². The van der Waals surface area contributed by atoms with Crippen LogP contribution in [0.5, 0.6) is 0 Å². The number of carbonyl (C=O) groups is 1. The molecule has 0 spiro atoms. The first-order valence-electron chi connectivity index (χ1n) is 7.63. The van der Waals surface area contributed by atoms with Crippen molar-refractivity contribution in [3.63, 3.8) is 0 Å². The summed E-state index contributed by atoms with van der Waals surface area (Å²) in [6, 6.07) is 7.52. The van der Waals surface area contributed by atoms with E-state index in [-0.39, 0.29) is 12.0 Å². The topological polar surface area (TPSA) is 53.6 Å². The van der Waals surface area contributed by atoms with E-state index in [4.69, 9.17) is 4.74 Å². The van der Waals surface area contributed by atoms with E-state index < -0.39 is 0 Å². The second kappa shape index (κ2) is 8.00. The molecule has 1 heterocycles. The minimum Gasteiger partial charge on any atom is -0.387 e. The van der Waals surface area contributed by atoms with Crippen molar-refractivity contribution in [1.29, 1.82) is 0 Å². The van der Waals surface area contributed by atoms with Crippen LogP contribution in [0.1, 0.15) is 23.7 Å². The van der Waals surface area contributed by atoms with Gasteiger partial charge in [0.1, 0.15) is 0 Å². The zero-order valence-corrected chi connectivity index (χ0v) is 12.9. The lowest BCUT2D eigenvalue weighted by molar-refractivity contribution is -0.0296. The van der Waals surface area contributed by atoms with Gasteiger partial charge in [0.2, 0.25) is 0 Å². The number of amides is 1. The summed E-state index contributed by atoms with van der Waals surface area (Å²) in [7, 11) is 1.82. The SMILES string of the molecule is CCN1CCO[C@@H](CCNC(=O)c2ccccc2NC)C1. The van der Waals surface area contributed by atoms with Gasteiger partial charge in [0.05, 0.1) is 18.3 Å². The number of rotatable bonds is 6. The number of hydrogen-bond acceptors (Lipinski definition) is 4. The Morgan fingerprint density at radius 1 is 1.43 bits per heavy atom. The molecular weight excluding hydrogens is 266 g/mol. The highest BCUT2D eigenvalue weighted by atomic mass is 16.5. The first kappa shape index (κ1) is 15.8. The Morgan fingerprint density at radius 2 is 2.24 bits per heavy atom. The molecule has 0 bridgehead atoms. The third-order valence-corrected chi connectivity index (χ3v) is 3.86. The third kappa shape index (κ3) is 4.44. The molecule has 21 heavy (non-hydrogen) atoms. The first-order valence-corrected chi connectivity index (χ1v) is 7.63. The number of anilines is 1. The highest BCUT2D eigenvalue weighted by Crippen LogP contribution is 2.14. The maximum Gasteiger partial charge on any atom is 0.253 e. The molecule has 2 N–H and O–H groups in total. The normalized spacial score (nSPS) is 19.2. The molecule has 5 nitrogen and oxygen atoms in total. The molecule has 1 aromatic rings. The largest absolute Gasteiger partial charge is 0.387 e. The number of para-hydroxylation sites is 1. The summed E-state index contributed by atoms with van der Waals surface area (Å²) in [6.07, 6.45) is 1.07. The Balaban J connectivity index is 1.79. The summed E-state index contributed by atoms with van der Waals surface area (Å²) in [4.78, 5) is 14.6. The number of hydrogen-bond donors (Lipinski definition) is 2. The number of carbonyl (C=O) groups excluding carboxylic acids is 1. The van der Waals surface area contributed by atoms with Gasteiger partial charge in [-0.3, -0.25) is 9.69 Å². The molecule has 0 unspecified atom stereocenters. The molecule has 0 saturated carbocycles. The minimum absolute atomic E-state index is 0.0388. The predicted molar refractivity (Wildman–Crippen MR) is 84.8 cm³/mol. The van der Waals surface area contributed by atoms with Crippen LogP contribution < -0.4 is 10.6 Å². The van der Waals surface area contributed by atoms with E-state index in [1.54, 1.807) is 0 Å². The molecule has 2 rings (SSSR count). The maximum absolute atomic E-state index is 12.2. The Kier molecular flexibility index (Phi) is 6.02. The van der Waals surface area contributed by atoms with Crippen molar-refractivity contribution in [1.82, 2.24) is 10.2 Å². The summed E-state index contributed by atoms with van der Waals surface area (Å²) in [6.45, 7) is 6.61. The van der Waals surface area contributed by atoms with Gasteiger partial charge in [-0.25, -0.2) is 0 Å². The van der Waals surface area contributed by atoms with E-state index in [1.165, 1.54) is 0 Å². The lowest BCUT2D eigenvalue weighted by Crippen LogP contribution is -2.43. The van der Waals surface area contributed by atoms with Crippen LogP contribution in [0.25, 0.3) is 0 Å². The summed E-state index contributed by atoms with van der Waals surface area (Å²) in [5.41, 5.74) is 1.53. The zero-order valence-electron chi connectivity index (χ0n) is 12.9. The van der Waals surface area contributed by atoms with Crippen molar-refractivity contribution in [2.45, 2.75) is 19.4 Å². The van der Waals surface area contributed by atoms with E-state index in [0.29, 0.717) is 12.1 Å². The fraction of sp³-hybridized carbons (Fsp3) is 0.562. The number of nitrogens with one attached hydrogen (secondary N) is 2. The van der Waals surface area contributed by atoms with Gasteiger partial charge in [0, 0.05) is 32.4 Å². The third-order valence-electron chi connectivity index (χ3n) is 3.86. The van der Waals surface area contributed by atoms with Gasteiger partial charge < -0.3 is 15.4 Å². The molecule has 0 radical (unpaired) electrons. The Labute approximate surface area is 126 Å². The highest BCUT2D eigenvalue weighted by molar-refractivity contribution is 5.99. The number of nitrogens with zero attached hydrogens (tertiary/aromatic N) is 1. The molecule has 1 amide bonds. The minimum atomic E-state index is -0.0388. The monoisotopic (exact) mass is 291 g/mol. The molecule has 0 aliphatic carbocycles. The van der Waals surface area contributed by atoms with Crippen LogP contribution in [0.3, 0.4) is 0 Å². The second-order valence-corrected chi connectivity index (χ2v) is 5.23. The van der Waals surface area contributed by atoms with E-state index >= 15 is 0 Å². The average molecular weight is 291 g/mol. The Hall–Kier alpha value is -1.59. The van der Waals surface area contributed by atoms with Crippen LogP contribution in [0, 0.1) is 0 Å². The van der Waals surface area contributed by atoms with Gasteiger partial charge in [0.15, 0.2) is 0 Å². The van der Waals surface area contributed by atoms with Gasteiger partial charge in [-0.15, -0.1) is 0 Å². The maximum atomic E-state index is 12.2. The van der Waals surface area contributed by atoms with Crippen molar-refractivity contribution in [2.24, 2.45) is 0 Å². The van der Waals surface area contributed by atoms with E-state index in [0.717, 1.165) is 38.3 Å². The summed E-state index contributed by atoms with van der Waals surface area (Å²) in [5.74, 6) is -0.0388. The molecule has 5 heteroatoms. The number of benzene rings is 1. The zero-order chi connectivity index (χ0) is 15.1. The molecule has 1 fully saturated rings. The van der Waals surface area contributed by atoms with Crippen molar-refractivity contribution in [2.75, 3.05) is 45.2 Å². The van der Waals surface area contributed by atoms with Gasteiger partial charge >= 0.3 is 0 Å². The molecular formula is C16H25N3O2. The Morgan fingerprint density at radius 3 is 3.00 bits per heavy atom. The second-order valence-electron chi connectivity index (χ2n) is 5.23. The predicted octanol–water partition coefficient (Wildman–Crippen LogP) is 1.57. The van der Waals surface area contributed by atoms with Gasteiger partial charge in [-0.1, -0.05) is 19.1 Å². The lowest BCUT2D eigenvalue weighted by atomic mass is 10.1. The molecule has 1 saturated heterocycles. The van der Waals surface area contributed by atoms with Crippen LogP contribution in [-0.4, -0.2) is 56.7 Å². The molecule has 0 aromatic heterocycles. The number of morpholine rings is 1. The van der Waals surface area contributed by atoms with Gasteiger partial charge in [0.25, 0.3) is 5.91 Å². The van der Waals surface area contributed by atoms with Crippen LogP contribution in [-0.2, 0) is 4.74 Å². The van der Waals surface area contributed by atoms with Gasteiger partial charge in [-0.05, 0) is 25.1 Å². The molecule has 1 atom stereocenters. The van der Waals surface area contributed by atoms with E-state index in [1.807, 2.05) is 31.3 Å². The molecule has 116 valence electrons. The van der Waals surface area contributed by atoms with Crippen LogP contribution in [0.2, 0.25) is 0 Å². The number of ether oxygens (including phenoxy) is 1. The molecule has 1 aliphatic heterocycles. The van der Waals surface area contributed by atoms with E-state index in [2.05, 4.69) is 22.5 Å². The van der Waals surface area contributed by atoms with Crippen LogP contribution in [0.15, 0.2) is 24.3 Å².